The molecule has 0 radical (unpaired) electrons. The summed E-state index contributed by atoms with van der Waals surface area (Å²) in [5, 5.41) is 2.68. The number of carbonyl (C=O) groups excluding carboxylic acids is 2. The molecular formula is C25H29BrN4O6S. The first-order valence-electron chi connectivity index (χ1n) is 11.7. The number of anilines is 2. The van der Waals surface area contributed by atoms with Crippen LogP contribution in [0.2, 0.25) is 0 Å². The van der Waals surface area contributed by atoms with E-state index in [4.69, 9.17) is 9.47 Å². The van der Waals surface area contributed by atoms with Gasteiger partial charge in [-0.2, -0.15) is 0 Å². The Morgan fingerprint density at radius 1 is 1.11 bits per heavy atom. The Kier molecular flexibility index (Phi) is 10.1. The number of imidazole rings is 1. The molecule has 2 N–H and O–H groups in total. The zero-order chi connectivity index (χ0) is 26.8. The van der Waals surface area contributed by atoms with E-state index in [9.17, 15) is 18.0 Å². The molecule has 1 aromatic heterocycles. The Bertz CT molecular complexity index is 1300. The van der Waals surface area contributed by atoms with Gasteiger partial charge in [0.1, 0.15) is 16.3 Å². The number of halogens is 1. The lowest BCUT2D eigenvalue weighted by Gasteiger charge is -2.22. The number of amides is 1. The minimum absolute atomic E-state index is 0.0909. The minimum atomic E-state index is -4.05. The van der Waals surface area contributed by atoms with Gasteiger partial charge in [-0.05, 0) is 68.7 Å². The van der Waals surface area contributed by atoms with Gasteiger partial charge in [-0.25, -0.2) is 13.4 Å². The van der Waals surface area contributed by atoms with Gasteiger partial charge in [0.05, 0.1) is 31.4 Å². The van der Waals surface area contributed by atoms with E-state index in [1.165, 1.54) is 31.7 Å². The third-order valence-electron chi connectivity index (χ3n) is 5.36. The van der Waals surface area contributed by atoms with Crippen molar-refractivity contribution in [3.05, 3.63) is 65.2 Å². The second-order valence-electron chi connectivity index (χ2n) is 7.99. The van der Waals surface area contributed by atoms with Gasteiger partial charge in [0.15, 0.2) is 0 Å². The summed E-state index contributed by atoms with van der Waals surface area (Å²) in [5.41, 5.74) is 0.976. The second-order valence-corrected chi connectivity index (χ2v) is 10.8. The molecule has 0 aliphatic carbocycles. The molecule has 0 bridgehead atoms. The van der Waals surface area contributed by atoms with E-state index in [0.29, 0.717) is 31.6 Å². The Labute approximate surface area is 224 Å². The van der Waals surface area contributed by atoms with Gasteiger partial charge in [-0.1, -0.05) is 15.9 Å². The number of sulfonamides is 1. The highest BCUT2D eigenvalue weighted by Gasteiger charge is 2.26. The zero-order valence-electron chi connectivity index (χ0n) is 20.6. The lowest BCUT2D eigenvalue weighted by Crippen LogP contribution is -2.27. The number of rotatable bonds is 13. The number of hydrogen-bond donors (Lipinski definition) is 2. The number of esters is 1. The average molecular weight is 594 g/mol. The normalized spacial score (nSPS) is 11.1. The van der Waals surface area contributed by atoms with Crippen molar-refractivity contribution in [2.24, 2.45) is 0 Å². The lowest BCUT2D eigenvalue weighted by molar-refractivity contribution is -0.143. The summed E-state index contributed by atoms with van der Waals surface area (Å²) >= 11 is 3.35. The van der Waals surface area contributed by atoms with Crippen molar-refractivity contribution >= 4 is 49.2 Å². The van der Waals surface area contributed by atoms with Gasteiger partial charge < -0.3 is 19.8 Å². The van der Waals surface area contributed by atoms with Crippen LogP contribution in [0, 0.1) is 0 Å². The van der Waals surface area contributed by atoms with Crippen molar-refractivity contribution in [3.63, 3.8) is 0 Å². The molecule has 37 heavy (non-hydrogen) atoms. The summed E-state index contributed by atoms with van der Waals surface area (Å²) in [5.74, 6) is -0.535. The maximum atomic E-state index is 13.6. The number of H-pyrrole nitrogens is 1. The molecular weight excluding hydrogens is 564 g/mol. The minimum Gasteiger partial charge on any atom is -0.492 e. The Balaban J connectivity index is 1.79. The van der Waals surface area contributed by atoms with Crippen molar-refractivity contribution in [2.45, 2.75) is 37.5 Å². The summed E-state index contributed by atoms with van der Waals surface area (Å²) in [6.45, 7) is 2.37. The number of nitrogens with zero attached hydrogens (tertiary/aromatic N) is 2. The molecule has 0 atom stereocenters. The number of benzene rings is 2. The van der Waals surface area contributed by atoms with Crippen LogP contribution < -0.4 is 14.4 Å². The highest BCUT2D eigenvalue weighted by molar-refractivity contribution is 9.10. The number of aromatic amines is 1. The molecule has 0 saturated heterocycles. The lowest BCUT2D eigenvalue weighted by atomic mass is 10.2. The summed E-state index contributed by atoms with van der Waals surface area (Å²) in [4.78, 5) is 30.4. The predicted octanol–water partition coefficient (Wildman–Crippen LogP) is 4.75. The molecule has 0 aliphatic heterocycles. The van der Waals surface area contributed by atoms with Crippen LogP contribution in [0.15, 0.2) is 64.4 Å². The highest BCUT2D eigenvalue weighted by atomic mass is 79.9. The molecule has 0 fully saturated rings. The molecule has 12 heteroatoms. The molecule has 1 heterocycles. The predicted molar refractivity (Wildman–Crippen MR) is 143 cm³/mol. The maximum absolute atomic E-state index is 13.6. The fraction of sp³-hybridized carbons (Fsp3) is 0.320. The van der Waals surface area contributed by atoms with Crippen molar-refractivity contribution in [2.75, 3.05) is 29.9 Å². The quantitative estimate of drug-likeness (QED) is 0.216. The van der Waals surface area contributed by atoms with Crippen LogP contribution in [-0.2, 0) is 19.6 Å². The second kappa shape index (κ2) is 13.2. The van der Waals surface area contributed by atoms with Crippen molar-refractivity contribution in [1.82, 2.24) is 9.97 Å². The van der Waals surface area contributed by atoms with Gasteiger partial charge in [-0.3, -0.25) is 13.9 Å². The Hall–Kier alpha value is -3.38. The van der Waals surface area contributed by atoms with E-state index in [1.807, 2.05) is 0 Å². The van der Waals surface area contributed by atoms with E-state index < -0.39 is 15.9 Å². The van der Waals surface area contributed by atoms with Crippen molar-refractivity contribution in [1.29, 1.82) is 0 Å². The van der Waals surface area contributed by atoms with E-state index in [2.05, 4.69) is 31.2 Å². The number of carbonyl (C=O) groups is 2. The van der Waals surface area contributed by atoms with Crippen LogP contribution >= 0.6 is 15.9 Å². The van der Waals surface area contributed by atoms with Gasteiger partial charge in [0.2, 0.25) is 0 Å². The van der Waals surface area contributed by atoms with Gasteiger partial charge >= 0.3 is 5.97 Å². The first kappa shape index (κ1) is 28.2. The molecule has 0 saturated carbocycles. The van der Waals surface area contributed by atoms with E-state index in [0.717, 1.165) is 15.2 Å². The van der Waals surface area contributed by atoms with Crippen LogP contribution in [0.25, 0.3) is 0 Å². The van der Waals surface area contributed by atoms with Gasteiger partial charge in [-0.15, -0.1) is 0 Å². The summed E-state index contributed by atoms with van der Waals surface area (Å²) in [7, 11) is -2.60. The fourth-order valence-corrected chi connectivity index (χ4v) is 5.00. The molecule has 3 aromatic rings. The van der Waals surface area contributed by atoms with E-state index in [-0.39, 0.29) is 34.6 Å². The van der Waals surface area contributed by atoms with Crippen LogP contribution in [0.3, 0.4) is 0 Å². The van der Waals surface area contributed by atoms with Crippen LogP contribution in [0.4, 0.5) is 11.4 Å². The number of hydrogen-bond acceptors (Lipinski definition) is 7. The topological polar surface area (TPSA) is 131 Å². The summed E-state index contributed by atoms with van der Waals surface area (Å²) in [6, 6.07) is 11.3. The highest BCUT2D eigenvalue weighted by Crippen LogP contribution is 2.32. The zero-order valence-corrected chi connectivity index (χ0v) is 23.0. The molecule has 2 aromatic carbocycles. The largest absolute Gasteiger partial charge is 0.492 e. The smallest absolute Gasteiger partial charge is 0.305 e. The van der Waals surface area contributed by atoms with Gasteiger partial charge in [0, 0.05) is 23.6 Å². The van der Waals surface area contributed by atoms with E-state index in [1.54, 1.807) is 37.3 Å². The van der Waals surface area contributed by atoms with E-state index >= 15 is 0 Å². The van der Waals surface area contributed by atoms with Crippen LogP contribution in [0.5, 0.6) is 5.75 Å². The molecule has 1 amide bonds. The number of nitrogens with one attached hydrogen (secondary N) is 2. The SMILES string of the molecule is CCOC(=O)CCCCCOc1ccc(NC(=O)c2cnc[nH]2)cc1S(=O)(=O)N(C)c1ccc(Br)cc1. The molecule has 10 nitrogen and oxygen atoms in total. The number of unbranched alkanes of at least 4 members (excludes halogenated alkanes) is 2. The average Bonchev–Trinajstić information content (AvgIpc) is 3.42. The number of aromatic nitrogens is 2. The monoisotopic (exact) mass is 592 g/mol. The van der Waals surface area contributed by atoms with Gasteiger partial charge in [0.25, 0.3) is 15.9 Å². The first-order valence-corrected chi connectivity index (χ1v) is 13.9. The number of ether oxygens (including phenoxy) is 2. The Morgan fingerprint density at radius 3 is 2.54 bits per heavy atom. The van der Waals surface area contributed by atoms with Crippen molar-refractivity contribution < 1.29 is 27.5 Å². The maximum Gasteiger partial charge on any atom is 0.305 e. The van der Waals surface area contributed by atoms with Crippen LogP contribution in [-0.4, -0.2) is 50.5 Å². The molecule has 0 spiro atoms. The van der Waals surface area contributed by atoms with Crippen LogP contribution in [0.1, 0.15) is 43.1 Å². The van der Waals surface area contributed by atoms with Crippen molar-refractivity contribution in [3.8, 4) is 5.75 Å². The molecule has 198 valence electrons. The standard InChI is InChI=1S/C25H29BrN4O6S/c1-3-35-24(31)7-5-4-6-14-36-22-13-10-19(29-25(32)21-16-27-17-28-21)15-23(22)37(33,34)30(2)20-11-8-18(26)9-12-20/h8-13,15-17H,3-7,14H2,1-2H3,(H,27,28)(H,29,32). The summed E-state index contributed by atoms with van der Waals surface area (Å²) < 4.78 is 40.0. The molecule has 3 rings (SSSR count). The third kappa shape index (κ3) is 7.80. The molecule has 0 unspecified atom stereocenters. The third-order valence-corrected chi connectivity index (χ3v) is 7.70. The first-order chi connectivity index (χ1) is 17.7. The fourth-order valence-electron chi connectivity index (χ4n) is 3.39. The summed E-state index contributed by atoms with van der Waals surface area (Å²) in [6.07, 6.45) is 5.07. The Morgan fingerprint density at radius 2 is 1.86 bits per heavy atom. The molecule has 0 aliphatic rings.